The molecule has 3 rings (SSSR count). The van der Waals surface area contributed by atoms with Gasteiger partial charge in [0, 0.05) is 12.0 Å². The van der Waals surface area contributed by atoms with E-state index >= 15 is 0 Å². The van der Waals surface area contributed by atoms with E-state index in [-0.39, 0.29) is 12.0 Å². The second-order valence-electron chi connectivity index (χ2n) is 5.63. The van der Waals surface area contributed by atoms with E-state index in [1.165, 1.54) is 31.0 Å². The van der Waals surface area contributed by atoms with Gasteiger partial charge in [-0.15, -0.1) is 0 Å². The third-order valence-corrected chi connectivity index (χ3v) is 5.12. The summed E-state index contributed by atoms with van der Waals surface area (Å²) >= 11 is 7.47. The van der Waals surface area contributed by atoms with Crippen LogP contribution in [0.2, 0.25) is 5.02 Å². The van der Waals surface area contributed by atoms with Gasteiger partial charge >= 0.3 is 0 Å². The predicted octanol–water partition coefficient (Wildman–Crippen LogP) is 3.70. The second-order valence-corrected chi connectivity index (χ2v) is 6.56. The van der Waals surface area contributed by atoms with Crippen LogP contribution in [0.4, 0.5) is 5.69 Å². The zero-order valence-corrected chi connectivity index (χ0v) is 12.8. The Hall–Kier alpha value is -0.910. The van der Waals surface area contributed by atoms with Crippen molar-refractivity contribution < 1.29 is 5.11 Å². The monoisotopic (exact) mass is 311 g/mol. The molecule has 20 heavy (non-hydrogen) atoms. The van der Waals surface area contributed by atoms with Gasteiger partial charge in [0.05, 0.1) is 29.0 Å². The van der Waals surface area contributed by atoms with Crippen LogP contribution >= 0.6 is 23.3 Å². The van der Waals surface area contributed by atoms with E-state index in [2.05, 4.69) is 14.1 Å². The van der Waals surface area contributed by atoms with Crippen molar-refractivity contribution in [3.63, 3.8) is 0 Å². The van der Waals surface area contributed by atoms with Crippen LogP contribution in [0.15, 0.2) is 12.1 Å². The molecule has 0 saturated heterocycles. The molecular weight excluding hydrogens is 294 g/mol. The molecule has 0 radical (unpaired) electrons. The Kier molecular flexibility index (Phi) is 4.10. The Bertz CT molecular complexity index is 595. The molecule has 1 heterocycles. The first-order valence-electron chi connectivity index (χ1n) is 7.00. The van der Waals surface area contributed by atoms with Crippen molar-refractivity contribution >= 4 is 40.0 Å². The maximum Gasteiger partial charge on any atom is 0.129 e. The van der Waals surface area contributed by atoms with Crippen LogP contribution in [-0.2, 0) is 0 Å². The van der Waals surface area contributed by atoms with Crippen LogP contribution in [0.3, 0.4) is 0 Å². The topological polar surface area (TPSA) is 58.0 Å². The summed E-state index contributed by atoms with van der Waals surface area (Å²) in [7, 11) is 0. The molecule has 108 valence electrons. The van der Waals surface area contributed by atoms with Crippen LogP contribution in [0.25, 0.3) is 11.0 Å². The van der Waals surface area contributed by atoms with Gasteiger partial charge < -0.3 is 10.4 Å². The molecule has 0 aliphatic heterocycles. The van der Waals surface area contributed by atoms with Gasteiger partial charge in [-0.1, -0.05) is 30.9 Å². The number of rotatable bonds is 4. The lowest BCUT2D eigenvalue weighted by Gasteiger charge is -2.36. The molecule has 0 unspecified atom stereocenters. The largest absolute Gasteiger partial charge is 0.396 e. The molecular formula is C14H18ClN3OS. The lowest BCUT2D eigenvalue weighted by atomic mass is 9.74. The summed E-state index contributed by atoms with van der Waals surface area (Å²) in [4.78, 5) is 0. The Morgan fingerprint density at radius 3 is 2.80 bits per heavy atom. The first-order chi connectivity index (χ1) is 9.74. The first kappa shape index (κ1) is 14.0. The molecule has 2 aromatic rings. The molecule has 0 atom stereocenters. The van der Waals surface area contributed by atoms with Crippen LogP contribution in [0.5, 0.6) is 0 Å². The standard InChI is InChI=1S/C14H18ClN3OS/c15-10-4-5-11-13(18-20-17-11)12(10)16-8-14(9-19)6-2-1-3-7-14/h4-5,16,19H,1-3,6-9H2. The quantitative estimate of drug-likeness (QED) is 0.904. The molecule has 1 aromatic heterocycles. The number of aromatic nitrogens is 2. The van der Waals surface area contributed by atoms with E-state index in [9.17, 15) is 5.11 Å². The van der Waals surface area contributed by atoms with Gasteiger partial charge in [-0.05, 0) is 25.0 Å². The minimum Gasteiger partial charge on any atom is -0.396 e. The maximum absolute atomic E-state index is 9.76. The lowest BCUT2D eigenvalue weighted by Crippen LogP contribution is -2.35. The van der Waals surface area contributed by atoms with Gasteiger partial charge in [0.2, 0.25) is 0 Å². The zero-order valence-electron chi connectivity index (χ0n) is 11.2. The third-order valence-electron chi connectivity index (χ3n) is 4.27. The van der Waals surface area contributed by atoms with Crippen molar-refractivity contribution in [2.75, 3.05) is 18.5 Å². The van der Waals surface area contributed by atoms with E-state index in [0.29, 0.717) is 5.02 Å². The minimum atomic E-state index is -0.0206. The number of fused-ring (bicyclic) bond motifs is 1. The molecule has 2 N–H and O–H groups in total. The highest BCUT2D eigenvalue weighted by atomic mass is 35.5. The van der Waals surface area contributed by atoms with E-state index in [1.807, 2.05) is 12.1 Å². The van der Waals surface area contributed by atoms with Crippen molar-refractivity contribution in [1.82, 2.24) is 8.75 Å². The van der Waals surface area contributed by atoms with Gasteiger partial charge in [-0.25, -0.2) is 0 Å². The van der Waals surface area contributed by atoms with Crippen molar-refractivity contribution in [2.45, 2.75) is 32.1 Å². The van der Waals surface area contributed by atoms with Gasteiger partial charge in [0.1, 0.15) is 11.0 Å². The molecule has 0 spiro atoms. The van der Waals surface area contributed by atoms with Gasteiger partial charge in [0.25, 0.3) is 0 Å². The Morgan fingerprint density at radius 2 is 2.05 bits per heavy atom. The van der Waals surface area contributed by atoms with E-state index in [1.54, 1.807) is 0 Å². The van der Waals surface area contributed by atoms with Crippen molar-refractivity contribution in [3.05, 3.63) is 17.2 Å². The van der Waals surface area contributed by atoms with E-state index in [4.69, 9.17) is 11.6 Å². The first-order valence-corrected chi connectivity index (χ1v) is 8.10. The second kappa shape index (κ2) is 5.84. The summed E-state index contributed by atoms with van der Waals surface area (Å²) in [6.45, 7) is 0.961. The summed E-state index contributed by atoms with van der Waals surface area (Å²) in [5, 5.41) is 13.8. The number of halogens is 1. The SMILES string of the molecule is OCC1(CNc2c(Cl)ccc3nsnc23)CCCCC1. The van der Waals surface area contributed by atoms with Gasteiger partial charge in [-0.2, -0.15) is 8.75 Å². The van der Waals surface area contributed by atoms with Crippen molar-refractivity contribution in [1.29, 1.82) is 0 Å². The Morgan fingerprint density at radius 1 is 1.25 bits per heavy atom. The van der Waals surface area contributed by atoms with Crippen LogP contribution < -0.4 is 5.32 Å². The third kappa shape index (κ3) is 2.62. The van der Waals surface area contributed by atoms with Crippen LogP contribution in [0, 0.1) is 5.41 Å². The fraction of sp³-hybridized carbons (Fsp3) is 0.571. The number of anilines is 1. The number of aliphatic hydroxyl groups excluding tert-OH is 1. The van der Waals surface area contributed by atoms with Crippen molar-refractivity contribution in [2.24, 2.45) is 5.41 Å². The minimum absolute atomic E-state index is 0.0206. The molecule has 1 aliphatic rings. The summed E-state index contributed by atoms with van der Waals surface area (Å²) < 4.78 is 8.55. The fourth-order valence-electron chi connectivity index (χ4n) is 2.96. The number of nitrogens with one attached hydrogen (secondary N) is 1. The summed E-state index contributed by atoms with van der Waals surface area (Å²) in [5.41, 5.74) is 2.51. The smallest absolute Gasteiger partial charge is 0.129 e. The normalized spacial score (nSPS) is 18.3. The predicted molar refractivity (Wildman–Crippen MR) is 83.5 cm³/mol. The van der Waals surface area contributed by atoms with Crippen molar-refractivity contribution in [3.8, 4) is 0 Å². The molecule has 1 aliphatic carbocycles. The number of nitrogens with zero attached hydrogens (tertiary/aromatic N) is 2. The molecule has 1 fully saturated rings. The Balaban J connectivity index is 1.82. The van der Waals surface area contributed by atoms with Gasteiger partial charge in [0.15, 0.2) is 0 Å². The van der Waals surface area contributed by atoms with Crippen LogP contribution in [-0.4, -0.2) is 27.0 Å². The molecule has 4 nitrogen and oxygen atoms in total. The Labute approximate surface area is 127 Å². The van der Waals surface area contributed by atoms with Gasteiger partial charge in [-0.3, -0.25) is 0 Å². The molecule has 0 amide bonds. The van der Waals surface area contributed by atoms with E-state index in [0.717, 1.165) is 36.1 Å². The molecule has 1 saturated carbocycles. The van der Waals surface area contributed by atoms with E-state index < -0.39 is 0 Å². The van der Waals surface area contributed by atoms with Crippen LogP contribution in [0.1, 0.15) is 32.1 Å². The fourth-order valence-corrected chi connectivity index (χ4v) is 3.73. The zero-order chi connectivity index (χ0) is 14.0. The maximum atomic E-state index is 9.76. The highest BCUT2D eigenvalue weighted by molar-refractivity contribution is 7.00. The summed E-state index contributed by atoms with van der Waals surface area (Å²) in [6, 6.07) is 3.73. The highest BCUT2D eigenvalue weighted by Gasteiger charge is 2.31. The average Bonchev–Trinajstić information content (AvgIpc) is 2.96. The average molecular weight is 312 g/mol. The highest BCUT2D eigenvalue weighted by Crippen LogP contribution is 2.37. The number of benzene rings is 1. The number of aliphatic hydroxyl groups is 1. The lowest BCUT2D eigenvalue weighted by molar-refractivity contribution is 0.0944. The number of hydrogen-bond acceptors (Lipinski definition) is 5. The number of hydrogen-bond donors (Lipinski definition) is 2. The molecule has 6 heteroatoms. The molecule has 0 bridgehead atoms. The summed E-state index contributed by atoms with van der Waals surface area (Å²) in [5.74, 6) is 0. The molecule has 1 aromatic carbocycles. The summed E-state index contributed by atoms with van der Waals surface area (Å²) in [6.07, 6.45) is 5.80.